The van der Waals surface area contributed by atoms with Gasteiger partial charge in [0.05, 0.1) is 12.7 Å². The highest BCUT2D eigenvalue weighted by atomic mass is 16.5. The average molecular weight is 261 g/mol. The van der Waals surface area contributed by atoms with E-state index in [0.29, 0.717) is 17.9 Å². The average Bonchev–Trinajstić information content (AvgIpc) is 2.37. The van der Waals surface area contributed by atoms with Gasteiger partial charge < -0.3 is 9.64 Å². The minimum atomic E-state index is -0.335. The zero-order chi connectivity index (χ0) is 14.4. The lowest BCUT2D eigenvalue weighted by atomic mass is 10.1. The molecule has 0 amide bonds. The third-order valence-corrected chi connectivity index (χ3v) is 2.78. The van der Waals surface area contributed by atoms with Crippen LogP contribution < -0.4 is 4.90 Å². The summed E-state index contributed by atoms with van der Waals surface area (Å²) >= 11 is 0. The summed E-state index contributed by atoms with van der Waals surface area (Å²) in [5, 5.41) is 9.27. The van der Waals surface area contributed by atoms with Crippen LogP contribution in [0, 0.1) is 25.2 Å². The van der Waals surface area contributed by atoms with Crippen molar-refractivity contribution in [3.05, 3.63) is 22.9 Å². The maximum absolute atomic E-state index is 11.5. The summed E-state index contributed by atoms with van der Waals surface area (Å²) in [4.78, 5) is 17.7. The Kier molecular flexibility index (Phi) is 5.31. The van der Waals surface area contributed by atoms with Crippen LogP contribution in [0.25, 0.3) is 0 Å². The van der Waals surface area contributed by atoms with Crippen LogP contribution in [0.4, 0.5) is 5.82 Å². The minimum Gasteiger partial charge on any atom is -0.468 e. The van der Waals surface area contributed by atoms with Crippen LogP contribution >= 0.6 is 0 Å². The van der Waals surface area contributed by atoms with Crippen molar-refractivity contribution in [1.82, 2.24) is 4.98 Å². The van der Waals surface area contributed by atoms with Crippen molar-refractivity contribution >= 4 is 11.8 Å². The monoisotopic (exact) mass is 261 g/mol. The fraction of sp³-hybridized carbons (Fsp3) is 0.500. The number of nitrogens with zero attached hydrogens (tertiary/aromatic N) is 3. The smallest absolute Gasteiger partial charge is 0.325 e. The molecule has 0 radical (unpaired) electrons. The van der Waals surface area contributed by atoms with Gasteiger partial charge >= 0.3 is 5.97 Å². The number of aryl methyl sites for hydroxylation is 2. The standard InChI is InChI=1S/C14H19N3O2/c1-5-6-17(9-13(18)19-4)14-12(8-15)10(2)7-11(3)16-14/h7H,5-6,9H2,1-4H3. The first kappa shape index (κ1) is 15.0. The van der Waals surface area contributed by atoms with Crippen LogP contribution in [0.5, 0.6) is 0 Å². The Hall–Kier alpha value is -2.09. The van der Waals surface area contributed by atoms with Gasteiger partial charge in [-0.2, -0.15) is 5.26 Å². The number of pyridine rings is 1. The molecule has 0 atom stereocenters. The Balaban J connectivity index is 3.21. The van der Waals surface area contributed by atoms with Gasteiger partial charge in [-0.15, -0.1) is 0 Å². The number of esters is 1. The summed E-state index contributed by atoms with van der Waals surface area (Å²) in [6.07, 6.45) is 0.858. The number of hydrogen-bond acceptors (Lipinski definition) is 5. The van der Waals surface area contributed by atoms with E-state index in [1.165, 1.54) is 7.11 Å². The van der Waals surface area contributed by atoms with Crippen molar-refractivity contribution in [2.75, 3.05) is 25.1 Å². The van der Waals surface area contributed by atoms with E-state index in [2.05, 4.69) is 11.1 Å². The second-order valence-electron chi connectivity index (χ2n) is 4.39. The van der Waals surface area contributed by atoms with Gasteiger partial charge in [0.2, 0.25) is 0 Å². The molecule has 1 aromatic heterocycles. The molecular formula is C14H19N3O2. The van der Waals surface area contributed by atoms with Crippen LogP contribution in [0.2, 0.25) is 0 Å². The molecule has 102 valence electrons. The molecule has 0 aromatic carbocycles. The SMILES string of the molecule is CCCN(CC(=O)OC)c1nc(C)cc(C)c1C#N. The Morgan fingerprint density at radius 3 is 2.74 bits per heavy atom. The lowest BCUT2D eigenvalue weighted by Crippen LogP contribution is -2.32. The van der Waals surface area contributed by atoms with Crippen molar-refractivity contribution in [2.45, 2.75) is 27.2 Å². The molecule has 0 N–H and O–H groups in total. The lowest BCUT2D eigenvalue weighted by Gasteiger charge is -2.23. The molecule has 0 aliphatic heterocycles. The van der Waals surface area contributed by atoms with E-state index in [4.69, 9.17) is 4.74 Å². The Bertz CT molecular complexity index is 506. The maximum Gasteiger partial charge on any atom is 0.325 e. The molecule has 1 rings (SSSR count). The molecule has 19 heavy (non-hydrogen) atoms. The second kappa shape index (κ2) is 6.74. The van der Waals surface area contributed by atoms with Gasteiger partial charge in [-0.25, -0.2) is 4.98 Å². The van der Waals surface area contributed by atoms with E-state index in [1.807, 2.05) is 26.8 Å². The molecule has 5 heteroatoms. The molecule has 1 aromatic rings. The number of carbonyl (C=O) groups is 1. The molecule has 1 heterocycles. The molecule has 0 aliphatic rings. The van der Waals surface area contributed by atoms with E-state index < -0.39 is 0 Å². The summed E-state index contributed by atoms with van der Waals surface area (Å²) in [6, 6.07) is 4.03. The largest absolute Gasteiger partial charge is 0.468 e. The van der Waals surface area contributed by atoms with Crippen molar-refractivity contribution in [3.8, 4) is 6.07 Å². The summed E-state index contributed by atoms with van der Waals surface area (Å²) in [7, 11) is 1.35. The van der Waals surface area contributed by atoms with Crippen LogP contribution in [-0.4, -0.2) is 31.2 Å². The zero-order valence-electron chi connectivity index (χ0n) is 11.9. The number of ether oxygens (including phenoxy) is 1. The Labute approximate surface area is 113 Å². The first-order valence-electron chi connectivity index (χ1n) is 6.23. The van der Waals surface area contributed by atoms with Crippen LogP contribution in [-0.2, 0) is 9.53 Å². The van der Waals surface area contributed by atoms with Gasteiger partial charge in [-0.05, 0) is 31.9 Å². The topological polar surface area (TPSA) is 66.2 Å². The molecule has 0 aliphatic carbocycles. The molecule has 0 saturated carbocycles. The lowest BCUT2D eigenvalue weighted by molar-refractivity contribution is -0.138. The van der Waals surface area contributed by atoms with E-state index in [-0.39, 0.29) is 12.5 Å². The van der Waals surface area contributed by atoms with Gasteiger partial charge in [0, 0.05) is 12.2 Å². The van der Waals surface area contributed by atoms with Crippen molar-refractivity contribution in [3.63, 3.8) is 0 Å². The minimum absolute atomic E-state index is 0.106. The fourth-order valence-corrected chi connectivity index (χ4v) is 1.93. The molecule has 0 fully saturated rings. The number of aromatic nitrogens is 1. The quantitative estimate of drug-likeness (QED) is 0.758. The third-order valence-electron chi connectivity index (χ3n) is 2.78. The highest BCUT2D eigenvalue weighted by molar-refractivity contribution is 5.76. The summed E-state index contributed by atoms with van der Waals surface area (Å²) in [6.45, 7) is 6.52. The van der Waals surface area contributed by atoms with Crippen molar-refractivity contribution in [1.29, 1.82) is 5.26 Å². The van der Waals surface area contributed by atoms with Crippen LogP contribution in [0.1, 0.15) is 30.2 Å². The van der Waals surface area contributed by atoms with Gasteiger partial charge in [0.25, 0.3) is 0 Å². The van der Waals surface area contributed by atoms with Gasteiger partial charge in [0.1, 0.15) is 18.4 Å². The molecule has 0 spiro atoms. The highest BCUT2D eigenvalue weighted by Gasteiger charge is 2.18. The zero-order valence-corrected chi connectivity index (χ0v) is 11.9. The van der Waals surface area contributed by atoms with Crippen LogP contribution in [0.15, 0.2) is 6.07 Å². The van der Waals surface area contributed by atoms with Gasteiger partial charge in [-0.1, -0.05) is 6.92 Å². The number of nitriles is 1. The Morgan fingerprint density at radius 1 is 1.53 bits per heavy atom. The van der Waals surface area contributed by atoms with Crippen LogP contribution in [0.3, 0.4) is 0 Å². The van der Waals surface area contributed by atoms with E-state index in [9.17, 15) is 10.1 Å². The second-order valence-corrected chi connectivity index (χ2v) is 4.39. The molecule has 5 nitrogen and oxygen atoms in total. The number of carbonyl (C=O) groups excluding carboxylic acids is 1. The van der Waals surface area contributed by atoms with Gasteiger partial charge in [-0.3, -0.25) is 4.79 Å². The highest BCUT2D eigenvalue weighted by Crippen LogP contribution is 2.22. The third kappa shape index (κ3) is 3.68. The Morgan fingerprint density at radius 2 is 2.21 bits per heavy atom. The fourth-order valence-electron chi connectivity index (χ4n) is 1.93. The summed E-state index contributed by atoms with van der Waals surface area (Å²) < 4.78 is 4.69. The maximum atomic E-state index is 11.5. The van der Waals surface area contributed by atoms with E-state index >= 15 is 0 Å². The van der Waals surface area contributed by atoms with E-state index in [1.54, 1.807) is 4.90 Å². The molecule has 0 unspecified atom stereocenters. The molecular weight excluding hydrogens is 242 g/mol. The van der Waals surface area contributed by atoms with Crippen molar-refractivity contribution in [2.24, 2.45) is 0 Å². The number of hydrogen-bond donors (Lipinski definition) is 0. The first-order valence-corrected chi connectivity index (χ1v) is 6.23. The predicted molar refractivity (Wildman–Crippen MR) is 72.9 cm³/mol. The molecule has 0 bridgehead atoms. The summed E-state index contributed by atoms with van der Waals surface area (Å²) in [5.74, 6) is 0.227. The van der Waals surface area contributed by atoms with Crippen molar-refractivity contribution < 1.29 is 9.53 Å². The molecule has 0 saturated heterocycles. The predicted octanol–water partition coefficient (Wildman–Crippen LogP) is 1.96. The number of methoxy groups -OCH3 is 1. The number of anilines is 1. The normalized spacial score (nSPS) is 9.84. The van der Waals surface area contributed by atoms with E-state index in [0.717, 1.165) is 17.7 Å². The number of rotatable bonds is 5. The summed E-state index contributed by atoms with van der Waals surface area (Å²) in [5.41, 5.74) is 2.22. The van der Waals surface area contributed by atoms with Gasteiger partial charge in [0.15, 0.2) is 0 Å². The first-order chi connectivity index (χ1) is 9.03.